The molecule has 6 rings (SSSR count). The number of fused-ring (bicyclic) bond motifs is 2. The third kappa shape index (κ3) is 4.33. The molecule has 1 atom stereocenters. The van der Waals surface area contributed by atoms with Crippen LogP contribution in [-0.2, 0) is 4.79 Å². The van der Waals surface area contributed by atoms with Gasteiger partial charge in [-0.2, -0.15) is 5.10 Å². The number of hydrogen-bond donors (Lipinski definition) is 2. The predicted octanol–water partition coefficient (Wildman–Crippen LogP) is 4.36. The van der Waals surface area contributed by atoms with Crippen molar-refractivity contribution in [2.45, 2.75) is 19.4 Å². The van der Waals surface area contributed by atoms with Gasteiger partial charge in [-0.05, 0) is 55.1 Å². The minimum atomic E-state index is -0.552. The van der Waals surface area contributed by atoms with E-state index in [0.717, 1.165) is 36.0 Å². The molecule has 39 heavy (non-hydrogen) atoms. The lowest BCUT2D eigenvalue weighted by Crippen LogP contribution is -2.22. The molecule has 3 aromatic heterocycles. The number of anilines is 1. The van der Waals surface area contributed by atoms with Crippen LogP contribution < -0.4 is 21.4 Å². The first-order valence-corrected chi connectivity index (χ1v) is 12.7. The van der Waals surface area contributed by atoms with E-state index in [-0.39, 0.29) is 11.6 Å². The Kier molecular flexibility index (Phi) is 6.34. The van der Waals surface area contributed by atoms with Crippen molar-refractivity contribution in [1.82, 2.24) is 25.1 Å². The number of nitrogens with one attached hydrogen (secondary N) is 1. The minimum absolute atomic E-state index is 0.215. The van der Waals surface area contributed by atoms with Gasteiger partial charge >= 0.3 is 5.63 Å². The normalized spacial score (nSPS) is 14.4. The van der Waals surface area contributed by atoms with Gasteiger partial charge < -0.3 is 20.2 Å². The highest BCUT2D eigenvalue weighted by Gasteiger charge is 2.27. The number of carbonyl (C=O) groups excluding carboxylic acids is 1. The fraction of sp³-hybridized carbons (Fsp3) is 0.179. The van der Waals surface area contributed by atoms with E-state index in [4.69, 9.17) is 31.6 Å². The fourth-order valence-corrected chi connectivity index (χ4v) is 5.32. The molecule has 0 aliphatic carbocycles. The summed E-state index contributed by atoms with van der Waals surface area (Å²) < 4.78 is 12.7. The second-order valence-corrected chi connectivity index (χ2v) is 9.61. The number of ether oxygens (including phenoxy) is 1. The number of nitrogen functional groups attached to an aromatic ring is 1. The summed E-state index contributed by atoms with van der Waals surface area (Å²) >= 11 is 6.32. The third-order valence-corrected chi connectivity index (χ3v) is 7.06. The van der Waals surface area contributed by atoms with Crippen molar-refractivity contribution < 1.29 is 13.9 Å². The van der Waals surface area contributed by atoms with Gasteiger partial charge in [-0.25, -0.2) is 19.4 Å². The van der Waals surface area contributed by atoms with Crippen molar-refractivity contribution >= 4 is 51.3 Å². The first-order chi connectivity index (χ1) is 19.0. The third-order valence-electron chi connectivity index (χ3n) is 6.84. The number of rotatable bonds is 6. The van der Waals surface area contributed by atoms with Crippen molar-refractivity contribution in [3.63, 3.8) is 0 Å². The molecule has 11 heteroatoms. The maximum Gasteiger partial charge on any atom is 0.343 e. The van der Waals surface area contributed by atoms with Gasteiger partial charge in [0.25, 0.3) is 6.47 Å². The van der Waals surface area contributed by atoms with Crippen LogP contribution in [0.1, 0.15) is 30.7 Å². The summed E-state index contributed by atoms with van der Waals surface area (Å²) in [6, 6.07) is 11.7. The molecule has 0 saturated heterocycles. The molecule has 10 nitrogen and oxygen atoms in total. The number of aromatic nitrogens is 4. The van der Waals surface area contributed by atoms with Gasteiger partial charge in [0.05, 0.1) is 10.8 Å². The SMILES string of the molecule is CC(c1oc(=O)c2ccccc2c1C1=CCNCC1)n1nc(-c2cc(Cl)cc(OC=O)c2)c2c(N)ncnc21. The quantitative estimate of drug-likeness (QED) is 0.300. The van der Waals surface area contributed by atoms with E-state index in [1.807, 2.05) is 25.1 Å². The largest absolute Gasteiger partial charge is 0.429 e. The molecule has 3 N–H and O–H groups in total. The Morgan fingerprint density at radius 2 is 2.03 bits per heavy atom. The second kappa shape index (κ2) is 9.97. The zero-order valence-corrected chi connectivity index (χ0v) is 21.6. The maximum atomic E-state index is 13.1. The Hall–Kier alpha value is -4.54. The summed E-state index contributed by atoms with van der Waals surface area (Å²) in [6.07, 6.45) is 4.26. The van der Waals surface area contributed by atoms with Gasteiger partial charge in [-0.3, -0.25) is 4.79 Å². The van der Waals surface area contributed by atoms with E-state index >= 15 is 0 Å². The molecule has 0 bridgehead atoms. The van der Waals surface area contributed by atoms with E-state index in [9.17, 15) is 9.59 Å². The maximum absolute atomic E-state index is 13.1. The van der Waals surface area contributed by atoms with Gasteiger partial charge in [0, 0.05) is 22.7 Å². The number of benzene rings is 2. The summed E-state index contributed by atoms with van der Waals surface area (Å²) in [5.74, 6) is 0.933. The summed E-state index contributed by atoms with van der Waals surface area (Å²) in [5, 5.41) is 10.4. The lowest BCUT2D eigenvalue weighted by atomic mass is 9.92. The molecule has 196 valence electrons. The van der Waals surface area contributed by atoms with Gasteiger partial charge in [-0.1, -0.05) is 35.9 Å². The Balaban J connectivity index is 1.61. The molecule has 5 aromatic rings. The minimum Gasteiger partial charge on any atom is -0.429 e. The van der Waals surface area contributed by atoms with Crippen molar-refractivity contribution in [3.8, 4) is 17.0 Å². The molecule has 0 amide bonds. The van der Waals surface area contributed by atoms with Gasteiger partial charge in [0.1, 0.15) is 35.4 Å². The van der Waals surface area contributed by atoms with Crippen molar-refractivity contribution in [2.24, 2.45) is 0 Å². The topological polar surface area (TPSA) is 138 Å². The molecular weight excluding hydrogens is 520 g/mol. The van der Waals surface area contributed by atoms with Crippen LogP contribution in [0.3, 0.4) is 0 Å². The van der Waals surface area contributed by atoms with Crippen LogP contribution in [0.5, 0.6) is 5.75 Å². The predicted molar refractivity (Wildman–Crippen MR) is 149 cm³/mol. The van der Waals surface area contributed by atoms with E-state index in [0.29, 0.717) is 44.9 Å². The molecule has 1 unspecified atom stereocenters. The lowest BCUT2D eigenvalue weighted by molar-refractivity contribution is -0.120. The molecule has 0 saturated carbocycles. The Morgan fingerprint density at radius 3 is 2.79 bits per heavy atom. The molecule has 0 fully saturated rings. The van der Waals surface area contributed by atoms with Crippen molar-refractivity contribution in [2.75, 3.05) is 18.8 Å². The Labute approximate surface area is 227 Å². The summed E-state index contributed by atoms with van der Waals surface area (Å²) in [5.41, 5.74) is 9.29. The summed E-state index contributed by atoms with van der Waals surface area (Å²) in [6.45, 7) is 3.75. The van der Waals surface area contributed by atoms with Crippen LogP contribution in [0.15, 0.2) is 64.1 Å². The molecule has 4 heterocycles. The van der Waals surface area contributed by atoms with Crippen LogP contribution in [0, 0.1) is 0 Å². The van der Waals surface area contributed by atoms with Crippen LogP contribution in [0.25, 0.3) is 38.6 Å². The average Bonchev–Trinajstić information content (AvgIpc) is 3.34. The fourth-order valence-electron chi connectivity index (χ4n) is 5.09. The van der Waals surface area contributed by atoms with Gasteiger partial charge in [0.15, 0.2) is 5.65 Å². The summed E-state index contributed by atoms with van der Waals surface area (Å²) in [7, 11) is 0. The van der Waals surface area contributed by atoms with Crippen LogP contribution in [0.2, 0.25) is 5.02 Å². The number of halogens is 1. The Bertz CT molecular complexity index is 1840. The molecule has 1 aliphatic rings. The number of carbonyl (C=O) groups is 1. The molecule has 0 radical (unpaired) electrons. The van der Waals surface area contributed by atoms with E-state index in [2.05, 4.69) is 21.4 Å². The molecule has 0 spiro atoms. The average molecular weight is 543 g/mol. The lowest BCUT2D eigenvalue weighted by Gasteiger charge is -2.21. The monoisotopic (exact) mass is 542 g/mol. The van der Waals surface area contributed by atoms with Gasteiger partial charge in [-0.15, -0.1) is 0 Å². The number of nitrogens with zero attached hydrogens (tertiary/aromatic N) is 4. The first kappa shape index (κ1) is 24.8. The van der Waals surface area contributed by atoms with Crippen LogP contribution in [-0.4, -0.2) is 39.3 Å². The Morgan fingerprint density at radius 1 is 1.21 bits per heavy atom. The molecular formula is C28H23ClN6O4. The first-order valence-electron chi connectivity index (χ1n) is 12.3. The number of nitrogens with two attached hydrogens (primary N) is 1. The van der Waals surface area contributed by atoms with E-state index < -0.39 is 11.7 Å². The van der Waals surface area contributed by atoms with Crippen LogP contribution in [0.4, 0.5) is 5.82 Å². The number of hydrogen-bond acceptors (Lipinski definition) is 9. The highest BCUT2D eigenvalue weighted by Crippen LogP contribution is 2.38. The second-order valence-electron chi connectivity index (χ2n) is 9.17. The zero-order valence-electron chi connectivity index (χ0n) is 20.8. The van der Waals surface area contributed by atoms with Crippen molar-refractivity contribution in [1.29, 1.82) is 0 Å². The highest BCUT2D eigenvalue weighted by atomic mass is 35.5. The highest BCUT2D eigenvalue weighted by molar-refractivity contribution is 6.31. The molecule has 2 aromatic carbocycles. The zero-order chi connectivity index (χ0) is 27.1. The van der Waals surface area contributed by atoms with E-state index in [1.54, 1.807) is 22.9 Å². The standard InChI is InChI=1S/C28H23ClN6O4/c1-15(25-22(16-6-8-31-9-7-16)20-4-2-3-5-21(20)28(37)39-25)35-27-23(26(30)32-13-33-27)24(34-35)17-10-18(29)12-19(11-17)38-14-36/h2-6,10-15,31H,7-9H2,1H3,(H2,30,32,33). The van der Waals surface area contributed by atoms with E-state index in [1.165, 1.54) is 12.4 Å². The van der Waals surface area contributed by atoms with Gasteiger partial charge in [0.2, 0.25) is 0 Å². The van der Waals surface area contributed by atoms with Crippen LogP contribution >= 0.6 is 11.6 Å². The summed E-state index contributed by atoms with van der Waals surface area (Å²) in [4.78, 5) is 32.7. The molecule has 1 aliphatic heterocycles. The smallest absolute Gasteiger partial charge is 0.343 e. The van der Waals surface area contributed by atoms with Crippen molar-refractivity contribution in [3.05, 3.63) is 81.6 Å².